The Kier molecular flexibility index (Phi) is 13.9. The van der Waals surface area contributed by atoms with Crippen LogP contribution in [-0.2, 0) is 22.6 Å². The van der Waals surface area contributed by atoms with E-state index in [1.54, 1.807) is 30.6 Å². The lowest BCUT2D eigenvalue weighted by molar-refractivity contribution is -0.136. The van der Waals surface area contributed by atoms with Crippen molar-refractivity contribution in [3.05, 3.63) is 87.8 Å². The molecule has 4 aliphatic rings. The molecular weight excluding hydrogens is 915 g/mol. The fourth-order valence-corrected chi connectivity index (χ4v) is 12.0. The number of aromatic nitrogens is 4. The molecule has 1 spiro atoms. The number of nitrogens with one attached hydrogen (secondary N) is 3. The van der Waals surface area contributed by atoms with E-state index in [1.807, 2.05) is 24.3 Å². The molecule has 0 bridgehead atoms. The van der Waals surface area contributed by atoms with Crippen LogP contribution in [0.2, 0.25) is 0 Å². The third-order valence-electron chi connectivity index (χ3n) is 14.3. The molecule has 9 rings (SSSR count). The molecule has 3 saturated heterocycles. The van der Waals surface area contributed by atoms with E-state index in [9.17, 15) is 14.4 Å². The predicted octanol–water partition coefficient (Wildman–Crippen LogP) is 8.60. The highest BCUT2D eigenvalue weighted by atomic mass is 79.9. The molecule has 14 nitrogen and oxygen atoms in total. The maximum absolute atomic E-state index is 13.2. The lowest BCUT2D eigenvalue weighted by Crippen LogP contribution is -2.52. The number of carbonyl (C=O) groups is 3. The first-order valence-corrected chi connectivity index (χ1v) is 26.4. The van der Waals surface area contributed by atoms with Crippen LogP contribution in [0.25, 0.3) is 11.0 Å². The summed E-state index contributed by atoms with van der Waals surface area (Å²) >= 11 is 3.66. The summed E-state index contributed by atoms with van der Waals surface area (Å²) in [5.74, 6) is 1.14. The summed E-state index contributed by atoms with van der Waals surface area (Å²) in [6.45, 7) is 12.6. The largest absolute Gasteiger partial charge is 0.494 e. The van der Waals surface area contributed by atoms with Crippen molar-refractivity contribution < 1.29 is 19.1 Å². The van der Waals surface area contributed by atoms with Gasteiger partial charge in [0.2, 0.25) is 17.8 Å². The number of imide groups is 1. The summed E-state index contributed by atoms with van der Waals surface area (Å²) in [6, 6.07) is 13.7. The maximum Gasteiger partial charge on any atom is 0.255 e. The summed E-state index contributed by atoms with van der Waals surface area (Å²) in [6.07, 6.45) is 16.4. The number of benzene rings is 3. The molecule has 6 heterocycles. The first-order valence-electron chi connectivity index (χ1n) is 23.4. The second-order valence-corrected chi connectivity index (χ2v) is 21.7. The Hall–Kier alpha value is -5.24. The third kappa shape index (κ3) is 9.76. The SMILES string of the molecule is COc1cc(N2CCC3(CCN(CCCCCCc4cccc5c4CN(C4CCC(=O)NC4=O)C5=O)CC3)CC2)c(C)cc1Nc1ncc(Br)c(Nc2ccc3nccnc3c2P(C)C)n1. The molecule has 3 aromatic carbocycles. The van der Waals surface area contributed by atoms with Crippen LogP contribution in [-0.4, -0.2) is 107 Å². The van der Waals surface area contributed by atoms with Gasteiger partial charge in [-0.3, -0.25) is 29.7 Å². The first-order chi connectivity index (χ1) is 32.0. The van der Waals surface area contributed by atoms with Gasteiger partial charge in [0, 0.05) is 73.0 Å². The number of methoxy groups -OCH3 is 1. The average Bonchev–Trinajstić information content (AvgIpc) is 3.65. The number of fused-ring (bicyclic) bond motifs is 2. The monoisotopic (exact) mass is 974 g/mol. The fraction of sp³-hybridized carbons (Fsp3) is 0.460. The van der Waals surface area contributed by atoms with E-state index in [-0.39, 0.29) is 24.1 Å². The molecule has 0 radical (unpaired) electrons. The molecule has 3 fully saturated rings. The second kappa shape index (κ2) is 19.9. The standard InChI is InChI=1S/C50H60BrN10O4P/c1-32-28-39(56-49-54-30-36(51)46(58-49)55-38-14-13-37-44(45(38)66(3)4)53-22-21-52-37)42(65-2)29-41(32)60-26-19-50(20-27-60)17-24-59(25-18-50)23-8-6-5-7-10-33-11-9-12-34-35(33)31-61(48(34)64)40-15-16-43(62)57-47(40)63/h9,11-14,21-22,28-30,40H,5-8,10,15-20,23-27,31H2,1-4H3,(H,57,62,63)(H2,54,55,56,58). The minimum Gasteiger partial charge on any atom is -0.494 e. The maximum atomic E-state index is 13.2. The first kappa shape index (κ1) is 45.9. The van der Waals surface area contributed by atoms with Gasteiger partial charge in [0.1, 0.15) is 17.6 Å². The van der Waals surface area contributed by atoms with E-state index < -0.39 is 14.0 Å². The molecule has 1 atom stereocenters. The molecule has 2 aromatic heterocycles. The van der Waals surface area contributed by atoms with Crippen LogP contribution < -0.4 is 30.9 Å². The number of piperidine rings is 3. The number of amides is 3. The van der Waals surface area contributed by atoms with Gasteiger partial charge in [-0.25, -0.2) is 4.98 Å². The normalized spacial score (nSPS) is 18.6. The van der Waals surface area contributed by atoms with Crippen LogP contribution in [0.5, 0.6) is 5.75 Å². The van der Waals surface area contributed by atoms with Crippen molar-refractivity contribution in [3.8, 4) is 5.75 Å². The number of aryl methyl sites for hydroxylation is 2. The number of hydrogen-bond acceptors (Lipinski definition) is 12. The molecule has 3 N–H and O–H groups in total. The van der Waals surface area contributed by atoms with E-state index in [1.165, 1.54) is 68.4 Å². The third-order valence-corrected chi connectivity index (χ3v) is 16.2. The summed E-state index contributed by atoms with van der Waals surface area (Å²) in [7, 11) is 1.22. The Bertz CT molecular complexity index is 2630. The summed E-state index contributed by atoms with van der Waals surface area (Å²) in [4.78, 5) is 62.9. The lowest BCUT2D eigenvalue weighted by atomic mass is 9.71. The van der Waals surface area contributed by atoms with E-state index in [0.29, 0.717) is 35.7 Å². The minimum absolute atomic E-state index is 0.0992. The Labute approximate surface area is 397 Å². The summed E-state index contributed by atoms with van der Waals surface area (Å²) in [5.41, 5.74) is 9.32. The number of anilines is 5. The zero-order valence-corrected chi connectivity index (χ0v) is 40.9. The zero-order chi connectivity index (χ0) is 46.0. The summed E-state index contributed by atoms with van der Waals surface area (Å²) < 4.78 is 6.71. The molecular formula is C50H60BrN10O4P. The molecule has 0 aliphatic carbocycles. The highest BCUT2D eigenvalue weighted by Crippen LogP contribution is 2.44. The highest BCUT2D eigenvalue weighted by Gasteiger charge is 2.40. The molecule has 5 aromatic rings. The number of carbonyl (C=O) groups excluding carboxylic acids is 3. The number of unbranched alkanes of at least 4 members (excludes halogenated alkanes) is 3. The van der Waals surface area contributed by atoms with Crippen molar-refractivity contribution >= 4 is 86.7 Å². The minimum atomic E-state index is -0.576. The Morgan fingerprint density at radius 1 is 0.909 bits per heavy atom. The van der Waals surface area contributed by atoms with Crippen LogP contribution in [0.4, 0.5) is 28.8 Å². The predicted molar refractivity (Wildman–Crippen MR) is 266 cm³/mol. The second-order valence-electron chi connectivity index (χ2n) is 18.6. The average molecular weight is 976 g/mol. The van der Waals surface area contributed by atoms with Gasteiger partial charge in [0.25, 0.3) is 5.91 Å². The van der Waals surface area contributed by atoms with E-state index in [4.69, 9.17) is 9.72 Å². The van der Waals surface area contributed by atoms with Gasteiger partial charge in [-0.1, -0.05) is 32.9 Å². The number of halogens is 1. The number of likely N-dealkylation sites (tertiary alicyclic amines) is 1. The molecule has 0 saturated carbocycles. The van der Waals surface area contributed by atoms with E-state index >= 15 is 0 Å². The van der Waals surface area contributed by atoms with Crippen molar-refractivity contribution in [2.45, 2.75) is 90.1 Å². The topological polar surface area (TPSA) is 158 Å². The molecule has 16 heteroatoms. The number of hydrogen-bond donors (Lipinski definition) is 3. The molecule has 3 amide bonds. The van der Waals surface area contributed by atoms with E-state index in [0.717, 1.165) is 82.4 Å². The zero-order valence-electron chi connectivity index (χ0n) is 38.5. The molecule has 1 unspecified atom stereocenters. The van der Waals surface area contributed by atoms with Crippen molar-refractivity contribution in [2.24, 2.45) is 5.41 Å². The number of ether oxygens (including phenoxy) is 1. The van der Waals surface area contributed by atoms with Crippen LogP contribution in [0.3, 0.4) is 0 Å². The molecule has 4 aliphatic heterocycles. The van der Waals surface area contributed by atoms with Crippen LogP contribution >= 0.6 is 23.9 Å². The van der Waals surface area contributed by atoms with Gasteiger partial charge in [0.05, 0.1) is 28.3 Å². The Morgan fingerprint density at radius 3 is 2.45 bits per heavy atom. The number of rotatable bonds is 15. The highest BCUT2D eigenvalue weighted by molar-refractivity contribution is 9.10. The van der Waals surface area contributed by atoms with Gasteiger partial charge in [-0.15, -0.1) is 0 Å². The van der Waals surface area contributed by atoms with Crippen molar-refractivity contribution in [1.29, 1.82) is 0 Å². The molecule has 66 heavy (non-hydrogen) atoms. The van der Waals surface area contributed by atoms with Gasteiger partial charge >= 0.3 is 0 Å². The summed E-state index contributed by atoms with van der Waals surface area (Å²) in [5, 5.41) is 10.5. The number of nitrogens with zero attached hydrogens (tertiary/aromatic N) is 7. The molecule has 346 valence electrons. The van der Waals surface area contributed by atoms with Gasteiger partial charge in [0.15, 0.2) is 0 Å². The van der Waals surface area contributed by atoms with Gasteiger partial charge in [-0.2, -0.15) is 4.98 Å². The Balaban J connectivity index is 0.730. The Morgan fingerprint density at radius 2 is 1.68 bits per heavy atom. The van der Waals surface area contributed by atoms with Crippen molar-refractivity contribution in [3.63, 3.8) is 0 Å². The smallest absolute Gasteiger partial charge is 0.255 e. The van der Waals surface area contributed by atoms with E-state index in [2.05, 4.69) is 95.1 Å². The van der Waals surface area contributed by atoms with Gasteiger partial charge in [-0.05, 0) is 154 Å². The van der Waals surface area contributed by atoms with Crippen molar-refractivity contribution in [2.75, 3.05) is 68.7 Å². The fourth-order valence-electron chi connectivity index (χ4n) is 10.5. The quantitative estimate of drug-likeness (QED) is 0.0522. The van der Waals surface area contributed by atoms with Crippen LogP contribution in [0.1, 0.15) is 91.3 Å². The van der Waals surface area contributed by atoms with Gasteiger partial charge < -0.3 is 30.1 Å². The van der Waals surface area contributed by atoms with Crippen LogP contribution in [0.15, 0.2) is 65.5 Å². The van der Waals surface area contributed by atoms with Crippen molar-refractivity contribution in [1.82, 2.24) is 35.1 Å². The van der Waals surface area contributed by atoms with Crippen LogP contribution in [0, 0.1) is 12.3 Å². The lowest BCUT2D eigenvalue weighted by Gasteiger charge is -2.47.